The van der Waals surface area contributed by atoms with E-state index in [1.54, 1.807) is 6.26 Å². The molecule has 1 aliphatic rings. The van der Waals surface area contributed by atoms with E-state index in [1.165, 1.54) is 12.1 Å². The Hall–Kier alpha value is -1.50. The lowest BCUT2D eigenvalue weighted by molar-refractivity contribution is -0.384. The Morgan fingerprint density at radius 2 is 2.21 bits per heavy atom. The molecule has 19 heavy (non-hydrogen) atoms. The number of nitro groups is 1. The van der Waals surface area contributed by atoms with Crippen LogP contribution in [0.1, 0.15) is 19.3 Å². The van der Waals surface area contributed by atoms with Gasteiger partial charge in [-0.3, -0.25) is 14.3 Å². The summed E-state index contributed by atoms with van der Waals surface area (Å²) in [5, 5.41) is 13.8. The normalized spacial score (nSPS) is 18.4. The quantitative estimate of drug-likeness (QED) is 0.666. The third-order valence-corrected chi connectivity index (χ3v) is 5.40. The van der Waals surface area contributed by atoms with Crippen LogP contribution in [-0.2, 0) is 10.8 Å². The van der Waals surface area contributed by atoms with Crippen molar-refractivity contribution in [3.05, 3.63) is 34.1 Å². The molecule has 2 rings (SSSR count). The molecule has 5 nitrogen and oxygen atoms in total. The van der Waals surface area contributed by atoms with Crippen molar-refractivity contribution in [2.75, 3.05) is 18.1 Å². The van der Waals surface area contributed by atoms with Crippen LogP contribution in [-0.4, -0.2) is 26.7 Å². The van der Waals surface area contributed by atoms with Crippen LogP contribution in [0.25, 0.3) is 0 Å². The van der Waals surface area contributed by atoms with E-state index in [2.05, 4.69) is 5.32 Å². The van der Waals surface area contributed by atoms with Gasteiger partial charge in [0.2, 0.25) is 0 Å². The second-order valence-electron chi connectivity index (χ2n) is 4.76. The third-order valence-electron chi connectivity index (χ3n) is 3.63. The number of nitro benzene ring substituents is 1. The molecule has 1 aromatic carbocycles. The molecular formula is C12H15FN2O3S. The molecule has 0 saturated heterocycles. The Morgan fingerprint density at radius 1 is 1.53 bits per heavy atom. The van der Waals surface area contributed by atoms with E-state index in [0.717, 1.165) is 25.3 Å². The molecule has 0 radical (unpaired) electrons. The van der Waals surface area contributed by atoms with Crippen molar-refractivity contribution < 1.29 is 13.5 Å². The third kappa shape index (κ3) is 2.75. The van der Waals surface area contributed by atoms with Gasteiger partial charge < -0.3 is 5.32 Å². The highest BCUT2D eigenvalue weighted by Gasteiger charge is 2.40. The molecule has 0 spiro atoms. The van der Waals surface area contributed by atoms with Gasteiger partial charge >= 0.3 is 0 Å². The van der Waals surface area contributed by atoms with Crippen LogP contribution >= 0.6 is 0 Å². The lowest BCUT2D eigenvalue weighted by Gasteiger charge is -2.40. The Balaban J connectivity index is 2.15. The molecule has 0 amide bonds. The summed E-state index contributed by atoms with van der Waals surface area (Å²) in [5.74, 6) is -0.644. The molecule has 7 heteroatoms. The minimum Gasteiger partial charge on any atom is -0.378 e. The highest BCUT2D eigenvalue weighted by atomic mass is 32.2. The van der Waals surface area contributed by atoms with Gasteiger partial charge in [-0.25, -0.2) is 4.39 Å². The first-order valence-electron chi connectivity index (χ1n) is 5.96. The number of nitrogens with zero attached hydrogens (tertiary/aromatic N) is 1. The van der Waals surface area contributed by atoms with Crippen molar-refractivity contribution in [3.63, 3.8) is 0 Å². The first-order valence-corrected chi connectivity index (χ1v) is 7.52. The number of rotatable bonds is 5. The average molecular weight is 286 g/mol. The number of nitrogens with one attached hydrogen (secondary N) is 1. The average Bonchev–Trinajstić information content (AvgIpc) is 2.28. The van der Waals surface area contributed by atoms with Gasteiger partial charge in [0.1, 0.15) is 11.5 Å². The second-order valence-corrected chi connectivity index (χ2v) is 6.54. The predicted octanol–water partition coefficient (Wildman–Crippen LogP) is 2.45. The van der Waals surface area contributed by atoms with Crippen LogP contribution in [0.4, 0.5) is 15.8 Å². The summed E-state index contributed by atoms with van der Waals surface area (Å²) in [6.07, 6.45) is 4.36. The summed E-state index contributed by atoms with van der Waals surface area (Å²) in [5.41, 5.74) is -0.0283. The molecule has 1 saturated carbocycles. The summed E-state index contributed by atoms with van der Waals surface area (Å²) in [7, 11) is -0.984. The number of halogens is 1. The van der Waals surface area contributed by atoms with E-state index in [-0.39, 0.29) is 16.1 Å². The molecule has 1 aromatic rings. The molecule has 1 aliphatic carbocycles. The van der Waals surface area contributed by atoms with Gasteiger partial charge in [0.25, 0.3) is 5.69 Å². The summed E-state index contributed by atoms with van der Waals surface area (Å²) < 4.78 is 24.4. The van der Waals surface area contributed by atoms with E-state index >= 15 is 0 Å². The highest BCUT2D eigenvalue weighted by Crippen LogP contribution is 2.38. The topological polar surface area (TPSA) is 72.2 Å². The number of anilines is 1. The fourth-order valence-electron chi connectivity index (χ4n) is 2.20. The lowest BCUT2D eigenvalue weighted by Crippen LogP contribution is -2.47. The van der Waals surface area contributed by atoms with Crippen LogP contribution in [0.2, 0.25) is 0 Å². The molecule has 1 N–H and O–H groups in total. The van der Waals surface area contributed by atoms with E-state index in [9.17, 15) is 18.7 Å². The zero-order chi connectivity index (χ0) is 14.0. The highest BCUT2D eigenvalue weighted by molar-refractivity contribution is 7.85. The maximum Gasteiger partial charge on any atom is 0.295 e. The summed E-state index contributed by atoms with van der Waals surface area (Å²) in [6.45, 7) is 0.405. The predicted molar refractivity (Wildman–Crippen MR) is 72.2 cm³/mol. The van der Waals surface area contributed by atoms with Crippen molar-refractivity contribution in [2.45, 2.75) is 24.0 Å². The Labute approximate surface area is 112 Å². The maximum atomic E-state index is 13.0. The molecule has 0 aliphatic heterocycles. The molecule has 1 atom stereocenters. The van der Waals surface area contributed by atoms with Crippen LogP contribution in [0.5, 0.6) is 0 Å². The van der Waals surface area contributed by atoms with Gasteiger partial charge in [-0.2, -0.15) is 0 Å². The molecule has 0 bridgehead atoms. The largest absolute Gasteiger partial charge is 0.378 e. The van der Waals surface area contributed by atoms with Crippen molar-refractivity contribution >= 4 is 22.2 Å². The van der Waals surface area contributed by atoms with Crippen LogP contribution in [0, 0.1) is 15.9 Å². The number of hydrogen-bond acceptors (Lipinski definition) is 4. The van der Waals surface area contributed by atoms with Crippen molar-refractivity contribution in [1.82, 2.24) is 0 Å². The van der Waals surface area contributed by atoms with Gasteiger partial charge in [0.05, 0.1) is 15.7 Å². The van der Waals surface area contributed by atoms with Crippen molar-refractivity contribution in [3.8, 4) is 0 Å². The molecular weight excluding hydrogens is 271 g/mol. The maximum absolute atomic E-state index is 13.0. The Morgan fingerprint density at radius 3 is 2.68 bits per heavy atom. The van der Waals surface area contributed by atoms with Gasteiger partial charge in [-0.05, 0) is 25.0 Å². The fraction of sp³-hybridized carbons (Fsp3) is 0.500. The van der Waals surface area contributed by atoms with Crippen LogP contribution in [0.3, 0.4) is 0 Å². The van der Waals surface area contributed by atoms with Crippen LogP contribution < -0.4 is 5.32 Å². The smallest absolute Gasteiger partial charge is 0.295 e. The molecule has 0 heterocycles. The Kier molecular flexibility index (Phi) is 3.84. The Bertz CT molecular complexity index is 532. The number of hydrogen-bond donors (Lipinski definition) is 1. The van der Waals surface area contributed by atoms with Gasteiger partial charge in [-0.15, -0.1) is 0 Å². The second kappa shape index (κ2) is 5.24. The first kappa shape index (κ1) is 13.9. The van der Waals surface area contributed by atoms with Crippen LogP contribution in [0.15, 0.2) is 18.2 Å². The fourth-order valence-corrected chi connectivity index (χ4v) is 3.34. The molecule has 1 fully saturated rings. The van der Waals surface area contributed by atoms with Gasteiger partial charge in [-0.1, -0.05) is 6.42 Å². The molecule has 0 unspecified atom stereocenters. The first-order chi connectivity index (χ1) is 8.94. The molecule has 0 aromatic heterocycles. The standard InChI is InChI=1S/C12H15FN2O3S/c1-19(18)12(5-2-6-12)8-14-10-4-3-9(13)7-11(10)15(16)17/h3-4,7,14H,2,5-6,8H2,1H3/t19-/m1/s1. The zero-order valence-corrected chi connectivity index (χ0v) is 11.3. The minimum absolute atomic E-state index is 0.267. The van der Waals surface area contributed by atoms with E-state index in [0.29, 0.717) is 6.54 Å². The van der Waals surface area contributed by atoms with Crippen molar-refractivity contribution in [2.24, 2.45) is 0 Å². The summed E-state index contributed by atoms with van der Waals surface area (Å²) >= 11 is 0. The van der Waals surface area contributed by atoms with Crippen molar-refractivity contribution in [1.29, 1.82) is 0 Å². The summed E-state index contributed by atoms with van der Waals surface area (Å²) in [4.78, 5) is 10.2. The lowest BCUT2D eigenvalue weighted by atomic mass is 9.84. The van der Waals surface area contributed by atoms with Gasteiger partial charge in [0, 0.05) is 23.6 Å². The summed E-state index contributed by atoms with van der Waals surface area (Å²) in [6, 6.07) is 3.41. The van der Waals surface area contributed by atoms with E-state index in [1.807, 2.05) is 0 Å². The SMILES string of the molecule is C[S@@](=O)C1(CNc2ccc(F)cc2[N+](=O)[O-])CCC1. The zero-order valence-electron chi connectivity index (χ0n) is 10.5. The number of benzene rings is 1. The van der Waals surface area contributed by atoms with E-state index < -0.39 is 21.5 Å². The van der Waals surface area contributed by atoms with Gasteiger partial charge in [0.15, 0.2) is 0 Å². The monoisotopic (exact) mass is 286 g/mol. The molecule has 104 valence electrons. The minimum atomic E-state index is -0.984. The van der Waals surface area contributed by atoms with E-state index in [4.69, 9.17) is 0 Å².